The van der Waals surface area contributed by atoms with E-state index in [-0.39, 0.29) is 11.8 Å². The molecule has 1 saturated carbocycles. The van der Waals surface area contributed by atoms with Crippen LogP contribution in [0.15, 0.2) is 42.5 Å². The van der Waals surface area contributed by atoms with Crippen LogP contribution in [-0.2, 0) is 26.3 Å². The van der Waals surface area contributed by atoms with Crippen LogP contribution >= 0.6 is 0 Å². The zero-order valence-corrected chi connectivity index (χ0v) is 26.0. The maximum Gasteiger partial charge on any atom is 0.303 e. The van der Waals surface area contributed by atoms with Crippen molar-refractivity contribution in [1.82, 2.24) is 18.5 Å². The van der Waals surface area contributed by atoms with Crippen molar-refractivity contribution in [2.45, 2.75) is 69.7 Å². The van der Waals surface area contributed by atoms with E-state index in [1.54, 1.807) is 6.07 Å². The SMILES string of the molecule is CN(C)S(=O)(=O)NC(=O)c1ccc2c(C3CCCCC3)c3n(c2c1)CC[C@H](CCC(=O)N1CCOCC1)c1ccccc1-3. The van der Waals surface area contributed by atoms with Crippen molar-refractivity contribution in [2.75, 3.05) is 40.4 Å². The van der Waals surface area contributed by atoms with Crippen LogP contribution in [0, 0.1) is 0 Å². The smallest absolute Gasteiger partial charge is 0.303 e. The van der Waals surface area contributed by atoms with E-state index in [2.05, 4.69) is 33.6 Å². The van der Waals surface area contributed by atoms with Gasteiger partial charge in [0, 0.05) is 62.2 Å². The van der Waals surface area contributed by atoms with Crippen LogP contribution in [0.5, 0.6) is 0 Å². The third-order valence-corrected chi connectivity index (χ3v) is 10.9. The minimum atomic E-state index is -3.91. The molecule has 0 radical (unpaired) electrons. The molecule has 1 aliphatic carbocycles. The molecule has 1 saturated heterocycles. The van der Waals surface area contributed by atoms with Crippen molar-refractivity contribution < 1.29 is 22.7 Å². The average molecular weight is 607 g/mol. The van der Waals surface area contributed by atoms with E-state index in [1.165, 1.54) is 55.7 Å². The van der Waals surface area contributed by atoms with Crippen LogP contribution in [0.2, 0.25) is 0 Å². The summed E-state index contributed by atoms with van der Waals surface area (Å²) >= 11 is 0. The number of carbonyl (C=O) groups is 2. The van der Waals surface area contributed by atoms with Gasteiger partial charge in [0.15, 0.2) is 0 Å². The van der Waals surface area contributed by atoms with Gasteiger partial charge in [0.1, 0.15) is 0 Å². The van der Waals surface area contributed by atoms with Crippen LogP contribution in [0.25, 0.3) is 22.2 Å². The molecule has 2 amide bonds. The van der Waals surface area contributed by atoms with Gasteiger partial charge in [-0.2, -0.15) is 12.7 Å². The highest BCUT2D eigenvalue weighted by atomic mass is 32.2. The second kappa shape index (κ2) is 12.4. The molecule has 9 nitrogen and oxygen atoms in total. The molecule has 2 aromatic carbocycles. The molecule has 3 aromatic rings. The lowest BCUT2D eigenvalue weighted by Crippen LogP contribution is -2.40. The Bertz CT molecular complexity index is 1620. The number of carbonyl (C=O) groups excluding carboxylic acids is 2. The Morgan fingerprint density at radius 2 is 1.72 bits per heavy atom. The number of benzene rings is 2. The predicted octanol–water partition coefficient (Wildman–Crippen LogP) is 5.02. The zero-order chi connectivity index (χ0) is 30.1. The Balaban J connectivity index is 1.40. The normalized spacial score (nSPS) is 19.6. The minimum absolute atomic E-state index is 0.196. The number of nitrogens with one attached hydrogen (secondary N) is 1. The molecule has 1 aromatic heterocycles. The Labute approximate surface area is 254 Å². The van der Waals surface area contributed by atoms with Gasteiger partial charge in [-0.15, -0.1) is 0 Å². The third-order valence-electron chi connectivity index (χ3n) is 9.51. The lowest BCUT2D eigenvalue weighted by Gasteiger charge is -2.27. The van der Waals surface area contributed by atoms with Crippen LogP contribution in [0.4, 0.5) is 0 Å². The largest absolute Gasteiger partial charge is 0.378 e. The maximum atomic E-state index is 13.1. The van der Waals surface area contributed by atoms with Gasteiger partial charge >= 0.3 is 10.2 Å². The summed E-state index contributed by atoms with van der Waals surface area (Å²) in [7, 11) is -1.13. The van der Waals surface area contributed by atoms with Crippen molar-refractivity contribution in [1.29, 1.82) is 0 Å². The van der Waals surface area contributed by atoms with Crippen molar-refractivity contribution >= 4 is 32.9 Å². The van der Waals surface area contributed by atoms with Gasteiger partial charge in [-0.3, -0.25) is 9.59 Å². The fourth-order valence-corrected chi connectivity index (χ4v) is 7.72. The first-order chi connectivity index (χ1) is 20.7. The zero-order valence-electron chi connectivity index (χ0n) is 25.2. The molecule has 0 unspecified atom stereocenters. The molecule has 2 fully saturated rings. The van der Waals surface area contributed by atoms with E-state index in [4.69, 9.17) is 4.74 Å². The second-order valence-electron chi connectivity index (χ2n) is 12.3. The minimum Gasteiger partial charge on any atom is -0.378 e. The summed E-state index contributed by atoms with van der Waals surface area (Å²) in [5.74, 6) is 0.209. The molecule has 3 heterocycles. The first kappa shape index (κ1) is 29.8. The molecule has 1 atom stereocenters. The van der Waals surface area contributed by atoms with Gasteiger partial charge in [0.05, 0.1) is 18.9 Å². The number of hydrogen-bond acceptors (Lipinski definition) is 5. The van der Waals surface area contributed by atoms with Crippen molar-refractivity contribution in [3.05, 3.63) is 59.2 Å². The highest BCUT2D eigenvalue weighted by Gasteiger charge is 2.32. The van der Waals surface area contributed by atoms with Crippen LogP contribution in [-0.4, -0.2) is 74.4 Å². The monoisotopic (exact) mass is 606 g/mol. The Morgan fingerprint density at radius 3 is 2.47 bits per heavy atom. The number of rotatable bonds is 7. The second-order valence-corrected chi connectivity index (χ2v) is 14.2. The molecule has 6 rings (SSSR count). The molecule has 1 N–H and O–H groups in total. The number of nitrogens with zero attached hydrogens (tertiary/aromatic N) is 3. The molecular weight excluding hydrogens is 564 g/mol. The number of hydrogen-bond donors (Lipinski definition) is 1. The molecule has 0 spiro atoms. The number of morpholine rings is 1. The standard InChI is InChI=1S/C33H42N4O5S/c1-35(2)43(40,41)34-33(39)25-12-14-28-29(22-25)37-17-16-23(13-15-30(38)36-18-20-42-21-19-36)26-10-6-7-11-27(26)32(37)31(28)24-8-4-3-5-9-24/h6-7,10-12,14,22-24H,3-5,8-9,13,15-21H2,1-2H3,(H,34,39)/t23-/m0/s1. The van der Waals surface area contributed by atoms with Crippen LogP contribution < -0.4 is 4.72 Å². The maximum absolute atomic E-state index is 13.1. The van der Waals surface area contributed by atoms with Crippen molar-refractivity contribution in [2.24, 2.45) is 0 Å². The van der Waals surface area contributed by atoms with Crippen molar-refractivity contribution in [3.8, 4) is 11.3 Å². The Morgan fingerprint density at radius 1 is 0.977 bits per heavy atom. The van der Waals surface area contributed by atoms with E-state index in [9.17, 15) is 18.0 Å². The van der Waals surface area contributed by atoms with Gasteiger partial charge < -0.3 is 14.2 Å². The van der Waals surface area contributed by atoms with E-state index in [1.807, 2.05) is 17.0 Å². The average Bonchev–Trinajstić information content (AvgIpc) is 3.25. The highest BCUT2D eigenvalue weighted by molar-refractivity contribution is 7.87. The number of fused-ring (bicyclic) bond motifs is 5. The van der Waals surface area contributed by atoms with E-state index in [0.29, 0.717) is 44.2 Å². The van der Waals surface area contributed by atoms with Crippen LogP contribution in [0.3, 0.4) is 0 Å². The van der Waals surface area contributed by atoms with Gasteiger partial charge in [-0.05, 0) is 60.8 Å². The number of aromatic nitrogens is 1. The van der Waals surface area contributed by atoms with E-state index >= 15 is 0 Å². The quantitative estimate of drug-likeness (QED) is 0.407. The summed E-state index contributed by atoms with van der Waals surface area (Å²) in [6.45, 7) is 3.28. The Hall–Kier alpha value is -3.21. The first-order valence-electron chi connectivity index (χ1n) is 15.6. The lowest BCUT2D eigenvalue weighted by atomic mass is 9.80. The predicted molar refractivity (Wildman–Crippen MR) is 167 cm³/mol. The fraction of sp³-hybridized carbons (Fsp3) is 0.515. The summed E-state index contributed by atoms with van der Waals surface area (Å²) in [5.41, 5.74) is 6.34. The summed E-state index contributed by atoms with van der Waals surface area (Å²) in [5, 5.41) is 1.14. The van der Waals surface area contributed by atoms with Crippen LogP contribution in [0.1, 0.15) is 84.7 Å². The lowest BCUT2D eigenvalue weighted by molar-refractivity contribution is -0.135. The van der Waals surface area contributed by atoms with E-state index < -0.39 is 16.1 Å². The number of ether oxygens (including phenoxy) is 1. The summed E-state index contributed by atoms with van der Waals surface area (Å²) in [6.07, 6.45) is 8.09. The number of amides is 2. The molecule has 0 bridgehead atoms. The van der Waals surface area contributed by atoms with Gasteiger partial charge in [0.25, 0.3) is 5.91 Å². The van der Waals surface area contributed by atoms with Crippen molar-refractivity contribution in [3.63, 3.8) is 0 Å². The molecule has 3 aliphatic rings. The topological polar surface area (TPSA) is 101 Å². The molecule has 230 valence electrons. The summed E-state index contributed by atoms with van der Waals surface area (Å²) in [4.78, 5) is 28.1. The number of aryl methyl sites for hydroxylation is 1. The van der Waals surface area contributed by atoms with E-state index in [0.717, 1.165) is 47.4 Å². The van der Waals surface area contributed by atoms with Gasteiger partial charge in [0.2, 0.25) is 5.91 Å². The third kappa shape index (κ3) is 5.97. The Kier molecular flexibility index (Phi) is 8.62. The molecule has 2 aliphatic heterocycles. The molecule has 10 heteroatoms. The fourth-order valence-electron chi connectivity index (χ4n) is 7.19. The summed E-state index contributed by atoms with van der Waals surface area (Å²) in [6, 6.07) is 14.3. The van der Waals surface area contributed by atoms with Gasteiger partial charge in [-0.1, -0.05) is 49.6 Å². The highest BCUT2D eigenvalue weighted by Crippen LogP contribution is 2.48. The van der Waals surface area contributed by atoms with Gasteiger partial charge in [-0.25, -0.2) is 4.72 Å². The molecule has 43 heavy (non-hydrogen) atoms. The molecular formula is C33H42N4O5S. The first-order valence-corrected chi connectivity index (χ1v) is 17.0. The summed E-state index contributed by atoms with van der Waals surface area (Å²) < 4.78 is 35.8.